The molecule has 1 saturated heterocycles. The molecule has 3 N–H and O–H groups in total. The summed E-state index contributed by atoms with van der Waals surface area (Å²) in [5, 5.41) is 8.52. The number of rotatable bonds is 20. The molecular formula is C43H54N4O9. The lowest BCUT2D eigenvalue weighted by atomic mass is 9.97. The molecule has 13 nitrogen and oxygen atoms in total. The Morgan fingerprint density at radius 1 is 0.839 bits per heavy atom. The predicted octanol–water partition coefficient (Wildman–Crippen LogP) is 5.12. The van der Waals surface area contributed by atoms with E-state index in [1.165, 1.54) is 12.2 Å². The molecule has 0 spiro atoms. The van der Waals surface area contributed by atoms with Crippen LogP contribution in [-0.2, 0) is 48.2 Å². The molecule has 0 unspecified atom stereocenters. The molecule has 13 heteroatoms. The second-order valence-corrected chi connectivity index (χ2v) is 14.0. The zero-order valence-corrected chi connectivity index (χ0v) is 32.8. The van der Waals surface area contributed by atoms with Crippen LogP contribution >= 0.6 is 0 Å². The average Bonchev–Trinajstić information content (AvgIpc) is 3.53. The molecule has 1 aliphatic rings. The average molecular weight is 771 g/mol. The van der Waals surface area contributed by atoms with Gasteiger partial charge in [-0.15, -0.1) is 0 Å². The number of nitrogens with one attached hydrogen (secondary N) is 3. The summed E-state index contributed by atoms with van der Waals surface area (Å²) in [6.07, 6.45) is 3.16. The van der Waals surface area contributed by atoms with Gasteiger partial charge in [0.15, 0.2) is 0 Å². The SMILES string of the molecule is CCOC(=O)/C=C/[C@H](C[C@H]1CCN(Cc2ccc(OC)cc2OC)C1=O)NC(=O)[C@H](Cc1ccccc1)NC(=O)[C@H](CC(C)C)NC(=O)OCc1ccccc1. The molecule has 300 valence electrons. The third-order valence-corrected chi connectivity index (χ3v) is 9.33. The normalized spacial score (nSPS) is 15.5. The first-order valence-electron chi connectivity index (χ1n) is 19.0. The summed E-state index contributed by atoms with van der Waals surface area (Å²) in [4.78, 5) is 68.7. The van der Waals surface area contributed by atoms with Crippen molar-refractivity contribution in [2.24, 2.45) is 11.8 Å². The predicted molar refractivity (Wildman–Crippen MR) is 210 cm³/mol. The molecule has 4 amide bonds. The van der Waals surface area contributed by atoms with Gasteiger partial charge in [0.1, 0.15) is 30.2 Å². The van der Waals surface area contributed by atoms with Gasteiger partial charge in [-0.2, -0.15) is 0 Å². The van der Waals surface area contributed by atoms with Crippen LogP contribution in [0.2, 0.25) is 0 Å². The van der Waals surface area contributed by atoms with E-state index < -0.39 is 47.9 Å². The lowest BCUT2D eigenvalue weighted by molar-refractivity contribution is -0.137. The topological polar surface area (TPSA) is 162 Å². The number of nitrogens with zero attached hydrogens (tertiary/aromatic N) is 1. The second-order valence-electron chi connectivity index (χ2n) is 14.0. The van der Waals surface area contributed by atoms with Gasteiger partial charge in [0, 0.05) is 49.2 Å². The van der Waals surface area contributed by atoms with Gasteiger partial charge in [-0.3, -0.25) is 14.4 Å². The molecule has 0 aromatic heterocycles. The fraction of sp³-hybridized carbons (Fsp3) is 0.419. The summed E-state index contributed by atoms with van der Waals surface area (Å²) in [6.45, 7) is 6.55. The van der Waals surface area contributed by atoms with Crippen molar-refractivity contribution in [1.82, 2.24) is 20.9 Å². The molecule has 0 saturated carbocycles. The highest BCUT2D eigenvalue weighted by Crippen LogP contribution is 2.30. The van der Waals surface area contributed by atoms with Gasteiger partial charge in [0.05, 0.1) is 20.8 Å². The Hall–Kier alpha value is -5.85. The number of alkyl carbamates (subject to hydrolysis) is 1. The Kier molecular flexibility index (Phi) is 16.8. The van der Waals surface area contributed by atoms with Crippen molar-refractivity contribution in [2.45, 2.75) is 77.7 Å². The lowest BCUT2D eigenvalue weighted by Gasteiger charge is -2.26. The standard InChI is InChI=1S/C43H54N4O9/c1-6-55-39(48)20-18-34(25-32-21-22-47(42(32)51)27-33-17-19-35(53-4)26-38(33)54-5)44-40(49)37(24-30-13-9-7-10-14-30)45-41(50)36(23-29(2)3)46-43(52)56-28-31-15-11-8-12-16-31/h7-20,26,29,32,34,36-37H,6,21-25,27-28H2,1-5H3,(H,44,49)(H,45,50)(H,46,52)/b20-18+/t32-,34-,36+,37+/m1/s1. The second kappa shape index (κ2) is 21.9. The summed E-state index contributed by atoms with van der Waals surface area (Å²) in [5.74, 6) is -0.964. The summed E-state index contributed by atoms with van der Waals surface area (Å²) in [7, 11) is 3.13. The van der Waals surface area contributed by atoms with E-state index >= 15 is 0 Å². The number of carbonyl (C=O) groups is 5. The maximum atomic E-state index is 14.2. The lowest BCUT2D eigenvalue weighted by Crippen LogP contribution is -2.56. The minimum Gasteiger partial charge on any atom is -0.497 e. The van der Waals surface area contributed by atoms with Crippen molar-refractivity contribution in [1.29, 1.82) is 0 Å². The van der Waals surface area contributed by atoms with Crippen molar-refractivity contribution in [3.8, 4) is 11.5 Å². The number of carbonyl (C=O) groups excluding carboxylic acids is 5. The highest BCUT2D eigenvalue weighted by atomic mass is 16.5. The van der Waals surface area contributed by atoms with Crippen molar-refractivity contribution in [2.75, 3.05) is 27.4 Å². The maximum Gasteiger partial charge on any atom is 0.408 e. The van der Waals surface area contributed by atoms with Crippen LogP contribution in [0.3, 0.4) is 0 Å². The molecule has 1 heterocycles. The van der Waals surface area contributed by atoms with Gasteiger partial charge in [0.2, 0.25) is 17.7 Å². The van der Waals surface area contributed by atoms with Crippen LogP contribution in [0.5, 0.6) is 11.5 Å². The number of likely N-dealkylation sites (tertiary alicyclic amines) is 1. The van der Waals surface area contributed by atoms with E-state index in [1.807, 2.05) is 86.6 Å². The summed E-state index contributed by atoms with van der Waals surface area (Å²) in [6, 6.07) is 21.0. The van der Waals surface area contributed by atoms with E-state index in [4.69, 9.17) is 18.9 Å². The van der Waals surface area contributed by atoms with E-state index in [2.05, 4.69) is 16.0 Å². The van der Waals surface area contributed by atoms with Crippen LogP contribution in [0.1, 0.15) is 56.7 Å². The largest absolute Gasteiger partial charge is 0.497 e. The Bertz CT molecular complexity index is 1780. The van der Waals surface area contributed by atoms with E-state index in [-0.39, 0.29) is 37.9 Å². The molecule has 0 bridgehead atoms. The molecule has 3 aromatic carbocycles. The third-order valence-electron chi connectivity index (χ3n) is 9.33. The van der Waals surface area contributed by atoms with Gasteiger partial charge in [-0.25, -0.2) is 9.59 Å². The monoisotopic (exact) mass is 770 g/mol. The Morgan fingerprint density at radius 3 is 2.16 bits per heavy atom. The van der Waals surface area contributed by atoms with Crippen molar-refractivity contribution in [3.05, 3.63) is 108 Å². The third kappa shape index (κ3) is 13.5. The van der Waals surface area contributed by atoms with Gasteiger partial charge in [-0.05, 0) is 55.4 Å². The number of methoxy groups -OCH3 is 2. The van der Waals surface area contributed by atoms with Crippen LogP contribution in [-0.4, -0.2) is 80.2 Å². The molecule has 1 aliphatic heterocycles. The Morgan fingerprint density at radius 2 is 1.52 bits per heavy atom. The van der Waals surface area contributed by atoms with Crippen LogP contribution < -0.4 is 25.4 Å². The van der Waals surface area contributed by atoms with Gasteiger partial charge in [0.25, 0.3) is 0 Å². The van der Waals surface area contributed by atoms with Gasteiger partial charge >= 0.3 is 12.1 Å². The van der Waals surface area contributed by atoms with E-state index in [9.17, 15) is 24.0 Å². The number of amides is 4. The number of hydrogen-bond donors (Lipinski definition) is 3. The van der Waals surface area contributed by atoms with E-state index in [1.54, 1.807) is 32.1 Å². The molecular weight excluding hydrogens is 716 g/mol. The summed E-state index contributed by atoms with van der Waals surface area (Å²) >= 11 is 0. The first-order chi connectivity index (χ1) is 27.0. The summed E-state index contributed by atoms with van der Waals surface area (Å²) < 4.78 is 21.3. The van der Waals surface area contributed by atoms with Gasteiger partial charge < -0.3 is 39.8 Å². The molecule has 4 rings (SSSR count). The Labute approximate surface area is 329 Å². The molecule has 3 aromatic rings. The summed E-state index contributed by atoms with van der Waals surface area (Å²) in [5.41, 5.74) is 2.41. The minimum atomic E-state index is -1.07. The van der Waals surface area contributed by atoms with Crippen LogP contribution in [0.4, 0.5) is 4.79 Å². The van der Waals surface area contributed by atoms with Crippen LogP contribution in [0.25, 0.3) is 0 Å². The molecule has 1 fully saturated rings. The quantitative estimate of drug-likeness (QED) is 0.105. The van der Waals surface area contributed by atoms with E-state index in [0.717, 1.165) is 16.7 Å². The first kappa shape index (κ1) is 42.9. The van der Waals surface area contributed by atoms with Crippen molar-refractivity contribution in [3.63, 3.8) is 0 Å². The van der Waals surface area contributed by atoms with Crippen LogP contribution in [0.15, 0.2) is 91.0 Å². The number of ether oxygens (including phenoxy) is 4. The molecule has 0 aliphatic carbocycles. The highest BCUT2D eigenvalue weighted by Gasteiger charge is 2.35. The van der Waals surface area contributed by atoms with Crippen LogP contribution in [0, 0.1) is 11.8 Å². The molecule has 56 heavy (non-hydrogen) atoms. The number of hydrogen-bond acceptors (Lipinski definition) is 9. The van der Waals surface area contributed by atoms with E-state index in [0.29, 0.717) is 37.4 Å². The molecule has 0 radical (unpaired) electrons. The first-order valence-corrected chi connectivity index (χ1v) is 19.0. The maximum absolute atomic E-state index is 14.2. The zero-order valence-electron chi connectivity index (χ0n) is 32.8. The minimum absolute atomic E-state index is 0.0216. The Balaban J connectivity index is 1.51. The number of esters is 1. The smallest absolute Gasteiger partial charge is 0.408 e. The van der Waals surface area contributed by atoms with Crippen molar-refractivity contribution < 1.29 is 42.9 Å². The van der Waals surface area contributed by atoms with Gasteiger partial charge in [-0.1, -0.05) is 80.6 Å². The number of benzene rings is 3. The highest BCUT2D eigenvalue weighted by molar-refractivity contribution is 5.92. The fourth-order valence-electron chi connectivity index (χ4n) is 6.47. The zero-order chi connectivity index (χ0) is 40.5. The molecule has 4 atom stereocenters. The fourth-order valence-corrected chi connectivity index (χ4v) is 6.47. The van der Waals surface area contributed by atoms with Crippen molar-refractivity contribution >= 4 is 29.8 Å².